The number of ether oxygens (including phenoxy) is 1. The molecule has 0 saturated heterocycles. The van der Waals surface area contributed by atoms with Gasteiger partial charge in [-0.15, -0.1) is 0 Å². The molecule has 0 heterocycles. The summed E-state index contributed by atoms with van der Waals surface area (Å²) in [4.78, 5) is 0. The molecule has 0 aliphatic rings. The molecule has 0 aromatic heterocycles. The number of sulfonamides is 1. The van der Waals surface area contributed by atoms with Crippen molar-refractivity contribution < 1.29 is 13.2 Å². The maximum Gasteiger partial charge on any atom is 0.213 e. The van der Waals surface area contributed by atoms with Gasteiger partial charge >= 0.3 is 0 Å². The zero-order chi connectivity index (χ0) is 13.4. The van der Waals surface area contributed by atoms with Crippen LogP contribution < -0.4 is 10.5 Å². The van der Waals surface area contributed by atoms with Crippen LogP contribution in [0.25, 0.3) is 0 Å². The first kappa shape index (κ1) is 15.1. The van der Waals surface area contributed by atoms with Gasteiger partial charge in [0.15, 0.2) is 0 Å². The summed E-state index contributed by atoms with van der Waals surface area (Å²) in [5, 5.41) is 0. The van der Waals surface area contributed by atoms with E-state index in [2.05, 4.69) is 4.72 Å². The minimum Gasteiger partial charge on any atom is -0.381 e. The van der Waals surface area contributed by atoms with E-state index in [1.165, 1.54) is 0 Å². The van der Waals surface area contributed by atoms with Gasteiger partial charge in [-0.25, -0.2) is 13.1 Å². The molecule has 1 unspecified atom stereocenters. The average molecular weight is 272 g/mol. The molecule has 0 aliphatic carbocycles. The van der Waals surface area contributed by atoms with Crippen molar-refractivity contribution in [2.75, 3.05) is 25.5 Å². The Labute approximate surface area is 108 Å². The Morgan fingerprint density at radius 2 is 2.00 bits per heavy atom. The SMILES string of the molecule is CCOCCS(=O)(=O)NCC(N)c1ccccc1. The normalized spacial score (nSPS) is 13.4. The molecule has 102 valence electrons. The lowest BCUT2D eigenvalue weighted by molar-refractivity contribution is 0.163. The molecule has 6 heteroatoms. The van der Waals surface area contributed by atoms with E-state index in [9.17, 15) is 8.42 Å². The van der Waals surface area contributed by atoms with Crippen molar-refractivity contribution in [1.29, 1.82) is 0 Å². The van der Waals surface area contributed by atoms with E-state index in [1.54, 1.807) is 0 Å². The molecule has 3 N–H and O–H groups in total. The lowest BCUT2D eigenvalue weighted by atomic mass is 10.1. The van der Waals surface area contributed by atoms with Gasteiger partial charge in [-0.1, -0.05) is 30.3 Å². The largest absolute Gasteiger partial charge is 0.381 e. The van der Waals surface area contributed by atoms with Crippen LogP contribution in [0.5, 0.6) is 0 Å². The van der Waals surface area contributed by atoms with E-state index >= 15 is 0 Å². The quantitative estimate of drug-likeness (QED) is 0.681. The first-order chi connectivity index (χ1) is 8.55. The second-order valence-corrected chi connectivity index (χ2v) is 5.81. The third kappa shape index (κ3) is 5.59. The van der Waals surface area contributed by atoms with Crippen LogP contribution in [0.1, 0.15) is 18.5 Å². The predicted octanol–water partition coefficient (Wildman–Crippen LogP) is 0.642. The Kier molecular flexibility index (Phi) is 6.28. The van der Waals surface area contributed by atoms with Crippen molar-refractivity contribution in [3.63, 3.8) is 0 Å². The number of nitrogens with one attached hydrogen (secondary N) is 1. The maximum absolute atomic E-state index is 11.6. The summed E-state index contributed by atoms with van der Waals surface area (Å²) < 4.78 is 30.7. The van der Waals surface area contributed by atoms with Crippen LogP contribution in [-0.2, 0) is 14.8 Å². The molecule has 0 amide bonds. The lowest BCUT2D eigenvalue weighted by Crippen LogP contribution is -2.34. The fourth-order valence-electron chi connectivity index (χ4n) is 1.42. The molecular weight excluding hydrogens is 252 g/mol. The molecule has 1 atom stereocenters. The summed E-state index contributed by atoms with van der Waals surface area (Å²) in [6, 6.07) is 9.05. The van der Waals surface area contributed by atoms with E-state index in [1.807, 2.05) is 37.3 Å². The maximum atomic E-state index is 11.6. The first-order valence-corrected chi connectivity index (χ1v) is 7.56. The molecule has 0 radical (unpaired) electrons. The van der Waals surface area contributed by atoms with Crippen molar-refractivity contribution >= 4 is 10.0 Å². The predicted molar refractivity (Wildman–Crippen MR) is 71.7 cm³/mol. The molecule has 0 aliphatic heterocycles. The summed E-state index contributed by atoms with van der Waals surface area (Å²) in [6.45, 7) is 2.73. The number of rotatable bonds is 8. The van der Waals surface area contributed by atoms with Crippen LogP contribution >= 0.6 is 0 Å². The molecule has 0 bridgehead atoms. The summed E-state index contributed by atoms with van der Waals surface area (Å²) in [7, 11) is -3.31. The van der Waals surface area contributed by atoms with E-state index in [0.29, 0.717) is 6.61 Å². The molecule has 0 fully saturated rings. The lowest BCUT2D eigenvalue weighted by Gasteiger charge is -2.13. The summed E-state index contributed by atoms with van der Waals surface area (Å²) >= 11 is 0. The second-order valence-electron chi connectivity index (χ2n) is 3.88. The van der Waals surface area contributed by atoms with E-state index in [0.717, 1.165) is 5.56 Å². The standard InChI is InChI=1S/C12H20N2O3S/c1-2-17-8-9-18(15,16)14-10-12(13)11-6-4-3-5-7-11/h3-7,12,14H,2,8-10,13H2,1H3. The van der Waals surface area contributed by atoms with Gasteiger partial charge in [0.1, 0.15) is 0 Å². The Morgan fingerprint density at radius 1 is 1.33 bits per heavy atom. The Bertz CT molecular complexity index is 434. The highest BCUT2D eigenvalue weighted by molar-refractivity contribution is 7.89. The van der Waals surface area contributed by atoms with Gasteiger partial charge in [0.2, 0.25) is 10.0 Å². The molecular formula is C12H20N2O3S. The van der Waals surface area contributed by atoms with E-state index in [4.69, 9.17) is 10.5 Å². The Morgan fingerprint density at radius 3 is 2.61 bits per heavy atom. The van der Waals surface area contributed by atoms with Crippen LogP contribution in [0.2, 0.25) is 0 Å². The van der Waals surface area contributed by atoms with Crippen LogP contribution in [-0.4, -0.2) is 33.9 Å². The topological polar surface area (TPSA) is 81.4 Å². The van der Waals surface area contributed by atoms with Crippen LogP contribution in [0.3, 0.4) is 0 Å². The van der Waals surface area contributed by atoms with Gasteiger partial charge in [-0.3, -0.25) is 0 Å². The van der Waals surface area contributed by atoms with Gasteiger partial charge in [0.25, 0.3) is 0 Å². The molecule has 0 saturated carbocycles. The molecule has 18 heavy (non-hydrogen) atoms. The molecule has 0 spiro atoms. The van der Waals surface area contributed by atoms with Gasteiger partial charge in [-0.2, -0.15) is 0 Å². The van der Waals surface area contributed by atoms with Crippen molar-refractivity contribution in [2.24, 2.45) is 5.73 Å². The van der Waals surface area contributed by atoms with Gasteiger partial charge in [-0.05, 0) is 12.5 Å². The minimum absolute atomic E-state index is 0.0393. The van der Waals surface area contributed by atoms with Crippen molar-refractivity contribution in [2.45, 2.75) is 13.0 Å². The fraction of sp³-hybridized carbons (Fsp3) is 0.500. The van der Waals surface area contributed by atoms with Crippen LogP contribution in [0.4, 0.5) is 0 Å². The summed E-state index contributed by atoms with van der Waals surface area (Å²) in [6.07, 6.45) is 0. The third-order valence-corrected chi connectivity index (χ3v) is 3.76. The van der Waals surface area contributed by atoms with Crippen LogP contribution in [0, 0.1) is 0 Å². The third-order valence-electron chi connectivity index (χ3n) is 2.45. The van der Waals surface area contributed by atoms with Crippen molar-refractivity contribution in [3.05, 3.63) is 35.9 Å². The number of nitrogens with two attached hydrogens (primary N) is 1. The smallest absolute Gasteiger partial charge is 0.213 e. The Hall–Kier alpha value is -0.950. The second kappa shape index (κ2) is 7.48. The summed E-state index contributed by atoms with van der Waals surface area (Å²) in [5.74, 6) is -0.0393. The molecule has 1 rings (SSSR count). The highest BCUT2D eigenvalue weighted by Gasteiger charge is 2.12. The molecule has 1 aromatic carbocycles. The highest BCUT2D eigenvalue weighted by atomic mass is 32.2. The van der Waals surface area contributed by atoms with Gasteiger partial charge in [0.05, 0.1) is 12.4 Å². The van der Waals surface area contributed by atoms with Crippen molar-refractivity contribution in [3.8, 4) is 0 Å². The zero-order valence-electron chi connectivity index (χ0n) is 10.5. The molecule has 5 nitrogen and oxygen atoms in total. The van der Waals surface area contributed by atoms with Crippen molar-refractivity contribution in [1.82, 2.24) is 4.72 Å². The van der Waals surface area contributed by atoms with Gasteiger partial charge in [0, 0.05) is 19.2 Å². The van der Waals surface area contributed by atoms with E-state index in [-0.39, 0.29) is 24.9 Å². The Balaban J connectivity index is 2.40. The van der Waals surface area contributed by atoms with E-state index < -0.39 is 10.0 Å². The average Bonchev–Trinajstić information content (AvgIpc) is 2.37. The highest BCUT2D eigenvalue weighted by Crippen LogP contribution is 2.08. The first-order valence-electron chi connectivity index (χ1n) is 5.91. The fourth-order valence-corrected chi connectivity index (χ4v) is 2.34. The minimum atomic E-state index is -3.31. The van der Waals surface area contributed by atoms with Crippen LogP contribution in [0.15, 0.2) is 30.3 Å². The monoisotopic (exact) mass is 272 g/mol. The number of benzene rings is 1. The zero-order valence-corrected chi connectivity index (χ0v) is 11.3. The van der Waals surface area contributed by atoms with Gasteiger partial charge < -0.3 is 10.5 Å². The molecule has 1 aromatic rings. The number of hydrogen-bond donors (Lipinski definition) is 2. The summed E-state index contributed by atoms with van der Waals surface area (Å²) in [5.41, 5.74) is 6.81. The number of hydrogen-bond acceptors (Lipinski definition) is 4.